The molecule has 0 radical (unpaired) electrons. The van der Waals surface area contributed by atoms with Gasteiger partial charge in [-0.1, -0.05) is 49.4 Å². The summed E-state index contributed by atoms with van der Waals surface area (Å²) in [6.45, 7) is 5.31. The maximum atomic E-state index is 12.7. The van der Waals surface area contributed by atoms with E-state index in [0.29, 0.717) is 13.0 Å². The van der Waals surface area contributed by atoms with Crippen molar-refractivity contribution in [1.29, 1.82) is 0 Å². The Hall–Kier alpha value is -2.33. The average molecular weight is 338 g/mol. The summed E-state index contributed by atoms with van der Waals surface area (Å²) < 4.78 is 0. The van der Waals surface area contributed by atoms with Crippen molar-refractivity contribution in [2.45, 2.75) is 38.9 Å². The Bertz CT molecular complexity index is 685. The standard InChI is InChI=1S/C21H26N2O2/c1-2-19-16-22(14-18-8-10-20(24)11-9-18)13-12-21(25)23(19)15-17-6-4-3-5-7-17/h3-11,19,24H,2,12-16H2,1H3/t19-/m0/s1. The van der Waals surface area contributed by atoms with Crippen molar-refractivity contribution >= 4 is 5.91 Å². The van der Waals surface area contributed by atoms with Gasteiger partial charge in [-0.3, -0.25) is 9.69 Å². The lowest BCUT2D eigenvalue weighted by Gasteiger charge is -2.31. The zero-order valence-corrected chi connectivity index (χ0v) is 14.8. The first-order valence-electron chi connectivity index (χ1n) is 8.99. The Labute approximate surface area is 149 Å². The van der Waals surface area contributed by atoms with Crippen LogP contribution in [0, 0.1) is 0 Å². The number of hydrogen-bond donors (Lipinski definition) is 1. The van der Waals surface area contributed by atoms with E-state index in [-0.39, 0.29) is 17.7 Å². The Morgan fingerprint density at radius 3 is 2.36 bits per heavy atom. The van der Waals surface area contributed by atoms with Crippen LogP contribution in [0.25, 0.3) is 0 Å². The molecule has 1 N–H and O–H groups in total. The highest BCUT2D eigenvalue weighted by atomic mass is 16.3. The third-order valence-corrected chi connectivity index (χ3v) is 4.88. The van der Waals surface area contributed by atoms with Gasteiger partial charge < -0.3 is 10.0 Å². The zero-order chi connectivity index (χ0) is 17.6. The van der Waals surface area contributed by atoms with Crippen LogP contribution >= 0.6 is 0 Å². The Morgan fingerprint density at radius 2 is 1.68 bits per heavy atom. The van der Waals surface area contributed by atoms with Gasteiger partial charge in [-0.05, 0) is 29.7 Å². The number of phenolic OH excluding ortho intramolecular Hbond substituents is 1. The minimum Gasteiger partial charge on any atom is -0.508 e. The molecule has 3 rings (SSSR count). The third kappa shape index (κ3) is 4.60. The van der Waals surface area contributed by atoms with E-state index in [9.17, 15) is 9.90 Å². The highest BCUT2D eigenvalue weighted by Gasteiger charge is 2.28. The zero-order valence-electron chi connectivity index (χ0n) is 14.8. The second-order valence-electron chi connectivity index (χ2n) is 6.72. The number of benzene rings is 2. The summed E-state index contributed by atoms with van der Waals surface area (Å²) in [5.74, 6) is 0.527. The second kappa shape index (κ2) is 8.17. The fraction of sp³-hybridized carbons (Fsp3) is 0.381. The molecule has 25 heavy (non-hydrogen) atoms. The molecule has 0 unspecified atom stereocenters. The van der Waals surface area contributed by atoms with Gasteiger partial charge in [-0.15, -0.1) is 0 Å². The van der Waals surface area contributed by atoms with Crippen LogP contribution in [0.3, 0.4) is 0 Å². The van der Waals surface area contributed by atoms with E-state index in [2.05, 4.69) is 24.0 Å². The minimum atomic E-state index is 0.229. The van der Waals surface area contributed by atoms with Crippen molar-refractivity contribution in [3.8, 4) is 5.75 Å². The molecule has 1 aliphatic rings. The number of amides is 1. The molecule has 4 heteroatoms. The molecule has 1 aliphatic heterocycles. The van der Waals surface area contributed by atoms with Crippen molar-refractivity contribution in [3.05, 3.63) is 65.7 Å². The molecule has 1 heterocycles. The van der Waals surface area contributed by atoms with Crippen LogP contribution in [0.5, 0.6) is 5.75 Å². The quantitative estimate of drug-likeness (QED) is 0.909. The van der Waals surface area contributed by atoms with Gasteiger partial charge in [0.1, 0.15) is 5.75 Å². The first kappa shape index (κ1) is 17.5. The van der Waals surface area contributed by atoms with Gasteiger partial charge in [0.15, 0.2) is 0 Å². The molecule has 0 aliphatic carbocycles. The number of carbonyl (C=O) groups excluding carboxylic acids is 1. The van der Waals surface area contributed by atoms with Crippen LogP contribution in [0.2, 0.25) is 0 Å². The van der Waals surface area contributed by atoms with Gasteiger partial charge in [0, 0.05) is 38.6 Å². The minimum absolute atomic E-state index is 0.229. The first-order valence-corrected chi connectivity index (χ1v) is 8.99. The van der Waals surface area contributed by atoms with Gasteiger partial charge in [-0.25, -0.2) is 0 Å². The molecule has 132 valence electrons. The van der Waals surface area contributed by atoms with Gasteiger partial charge in [0.25, 0.3) is 0 Å². The summed E-state index contributed by atoms with van der Waals surface area (Å²) in [7, 11) is 0. The summed E-state index contributed by atoms with van der Waals surface area (Å²) in [5, 5.41) is 9.43. The molecule has 1 saturated heterocycles. The van der Waals surface area contributed by atoms with Crippen LogP contribution < -0.4 is 0 Å². The fourth-order valence-electron chi connectivity index (χ4n) is 3.44. The van der Waals surface area contributed by atoms with Crippen LogP contribution in [-0.2, 0) is 17.9 Å². The molecule has 1 atom stereocenters. The summed E-state index contributed by atoms with van der Waals surface area (Å²) in [5.41, 5.74) is 2.35. The molecular formula is C21H26N2O2. The molecule has 0 spiro atoms. The lowest BCUT2D eigenvalue weighted by molar-refractivity contribution is -0.133. The van der Waals surface area contributed by atoms with Crippen molar-refractivity contribution in [3.63, 3.8) is 0 Å². The molecule has 0 aromatic heterocycles. The molecule has 2 aromatic rings. The number of rotatable bonds is 5. The van der Waals surface area contributed by atoms with Crippen molar-refractivity contribution in [1.82, 2.24) is 9.80 Å². The molecule has 2 aromatic carbocycles. The summed E-state index contributed by atoms with van der Waals surface area (Å²) in [6, 6.07) is 17.8. The summed E-state index contributed by atoms with van der Waals surface area (Å²) in [6.07, 6.45) is 1.51. The van der Waals surface area contributed by atoms with Crippen molar-refractivity contribution in [2.75, 3.05) is 13.1 Å². The van der Waals surface area contributed by atoms with E-state index in [1.165, 1.54) is 5.56 Å². The summed E-state index contributed by atoms with van der Waals surface area (Å²) in [4.78, 5) is 17.1. The molecule has 0 saturated carbocycles. The summed E-state index contributed by atoms with van der Waals surface area (Å²) >= 11 is 0. The van der Waals surface area contributed by atoms with E-state index in [4.69, 9.17) is 0 Å². The van der Waals surface area contributed by atoms with E-state index in [1.807, 2.05) is 35.2 Å². The number of carbonyl (C=O) groups is 1. The molecule has 4 nitrogen and oxygen atoms in total. The lowest BCUT2D eigenvalue weighted by Crippen LogP contribution is -2.42. The highest BCUT2D eigenvalue weighted by Crippen LogP contribution is 2.20. The Kier molecular flexibility index (Phi) is 5.71. The smallest absolute Gasteiger partial charge is 0.224 e. The monoisotopic (exact) mass is 338 g/mol. The molecular weight excluding hydrogens is 312 g/mol. The van der Waals surface area contributed by atoms with Crippen molar-refractivity contribution < 1.29 is 9.90 Å². The van der Waals surface area contributed by atoms with E-state index >= 15 is 0 Å². The highest BCUT2D eigenvalue weighted by molar-refractivity contribution is 5.77. The Balaban J connectivity index is 1.70. The maximum absolute atomic E-state index is 12.7. The second-order valence-corrected chi connectivity index (χ2v) is 6.72. The van der Waals surface area contributed by atoms with Crippen LogP contribution in [0.4, 0.5) is 0 Å². The van der Waals surface area contributed by atoms with Crippen LogP contribution in [-0.4, -0.2) is 39.9 Å². The largest absolute Gasteiger partial charge is 0.508 e. The first-order chi connectivity index (χ1) is 12.2. The van der Waals surface area contributed by atoms with Crippen LogP contribution in [0.15, 0.2) is 54.6 Å². The van der Waals surface area contributed by atoms with E-state index in [0.717, 1.165) is 31.6 Å². The number of hydrogen-bond acceptors (Lipinski definition) is 3. The predicted molar refractivity (Wildman–Crippen MR) is 99.1 cm³/mol. The topological polar surface area (TPSA) is 43.8 Å². The molecule has 1 fully saturated rings. The third-order valence-electron chi connectivity index (χ3n) is 4.88. The van der Waals surface area contributed by atoms with Gasteiger partial charge >= 0.3 is 0 Å². The van der Waals surface area contributed by atoms with E-state index < -0.39 is 0 Å². The van der Waals surface area contributed by atoms with Crippen molar-refractivity contribution in [2.24, 2.45) is 0 Å². The normalized spacial score (nSPS) is 19.0. The Morgan fingerprint density at radius 1 is 1.00 bits per heavy atom. The maximum Gasteiger partial charge on any atom is 0.224 e. The number of aromatic hydroxyl groups is 1. The van der Waals surface area contributed by atoms with Gasteiger partial charge in [0.2, 0.25) is 5.91 Å². The number of nitrogens with zero attached hydrogens (tertiary/aromatic N) is 2. The fourth-order valence-corrected chi connectivity index (χ4v) is 3.44. The average Bonchev–Trinajstić information content (AvgIpc) is 2.78. The lowest BCUT2D eigenvalue weighted by atomic mass is 10.1. The predicted octanol–water partition coefficient (Wildman–Crippen LogP) is 3.41. The SMILES string of the molecule is CC[C@H]1CN(Cc2ccc(O)cc2)CCC(=O)N1Cc1ccccc1. The molecule has 1 amide bonds. The van der Waals surface area contributed by atoms with E-state index in [1.54, 1.807) is 12.1 Å². The van der Waals surface area contributed by atoms with Gasteiger partial charge in [0.05, 0.1) is 0 Å². The molecule has 0 bridgehead atoms. The number of phenols is 1. The van der Waals surface area contributed by atoms with Gasteiger partial charge in [-0.2, -0.15) is 0 Å². The van der Waals surface area contributed by atoms with Crippen LogP contribution in [0.1, 0.15) is 30.9 Å².